The van der Waals surface area contributed by atoms with Gasteiger partial charge in [-0.15, -0.1) is 0 Å². The van der Waals surface area contributed by atoms with Crippen molar-refractivity contribution < 1.29 is 14.7 Å². The van der Waals surface area contributed by atoms with Crippen LogP contribution in [-0.2, 0) is 4.79 Å². The van der Waals surface area contributed by atoms with Crippen LogP contribution in [0.2, 0.25) is 0 Å². The number of nitrogens with one attached hydrogen (secondary N) is 1. The summed E-state index contributed by atoms with van der Waals surface area (Å²) in [5.74, 6) is -0.949. The van der Waals surface area contributed by atoms with Gasteiger partial charge in [0.15, 0.2) is 0 Å². The molecule has 0 aromatic carbocycles. The Labute approximate surface area is 113 Å². The number of nitrogens with zero attached hydrogens (tertiary/aromatic N) is 2. The van der Waals surface area contributed by atoms with Crippen molar-refractivity contribution in [3.05, 3.63) is 0 Å². The van der Waals surface area contributed by atoms with E-state index in [1.165, 1.54) is 6.42 Å². The number of hydrogen-bond acceptors (Lipinski definition) is 3. The second-order valence-corrected chi connectivity index (χ2v) is 5.41. The zero-order valence-corrected chi connectivity index (χ0v) is 11.5. The van der Waals surface area contributed by atoms with Crippen LogP contribution >= 0.6 is 0 Å². The van der Waals surface area contributed by atoms with Crippen molar-refractivity contribution in [2.45, 2.75) is 44.7 Å². The van der Waals surface area contributed by atoms with Crippen LogP contribution < -0.4 is 5.32 Å². The number of carboxylic acid groups (broad SMARTS) is 1. The van der Waals surface area contributed by atoms with E-state index >= 15 is 0 Å². The third-order valence-corrected chi connectivity index (χ3v) is 4.05. The van der Waals surface area contributed by atoms with E-state index in [0.717, 1.165) is 32.5 Å². The average Bonchev–Trinajstić information content (AvgIpc) is 2.85. The van der Waals surface area contributed by atoms with E-state index in [9.17, 15) is 9.59 Å². The van der Waals surface area contributed by atoms with Gasteiger partial charge in [-0.05, 0) is 25.8 Å². The summed E-state index contributed by atoms with van der Waals surface area (Å²) in [6, 6.07) is -0.527. The van der Waals surface area contributed by atoms with Crippen molar-refractivity contribution in [3.63, 3.8) is 0 Å². The molecule has 1 unspecified atom stereocenters. The van der Waals surface area contributed by atoms with Gasteiger partial charge in [0.05, 0.1) is 0 Å². The normalized spacial score (nSPS) is 24.9. The molecule has 2 atom stereocenters. The smallest absolute Gasteiger partial charge is 0.326 e. The van der Waals surface area contributed by atoms with Crippen LogP contribution in [0, 0.1) is 0 Å². The van der Waals surface area contributed by atoms with E-state index in [1.54, 1.807) is 4.90 Å². The number of carbonyl (C=O) groups excluding carboxylic acids is 1. The fraction of sp³-hybridized carbons (Fsp3) is 0.846. The van der Waals surface area contributed by atoms with Gasteiger partial charge in [0, 0.05) is 25.7 Å². The van der Waals surface area contributed by atoms with Gasteiger partial charge >= 0.3 is 12.0 Å². The number of aliphatic carboxylic acids is 1. The molecule has 108 valence electrons. The van der Waals surface area contributed by atoms with E-state index in [1.807, 2.05) is 6.92 Å². The molecular weight excluding hydrogens is 246 g/mol. The van der Waals surface area contributed by atoms with Crippen LogP contribution in [0.25, 0.3) is 0 Å². The molecule has 0 aromatic rings. The monoisotopic (exact) mass is 269 g/mol. The summed E-state index contributed by atoms with van der Waals surface area (Å²) in [5, 5.41) is 11.7. The maximum Gasteiger partial charge on any atom is 0.326 e. The number of piperazine rings is 1. The Morgan fingerprint density at radius 1 is 1.37 bits per heavy atom. The molecule has 0 aromatic heterocycles. The van der Waals surface area contributed by atoms with Crippen molar-refractivity contribution >= 4 is 12.0 Å². The first-order valence-corrected chi connectivity index (χ1v) is 7.14. The molecule has 0 bridgehead atoms. The Morgan fingerprint density at radius 2 is 2.16 bits per heavy atom. The Hall–Kier alpha value is -1.30. The van der Waals surface area contributed by atoms with E-state index in [4.69, 9.17) is 5.11 Å². The van der Waals surface area contributed by atoms with Crippen molar-refractivity contribution in [1.29, 1.82) is 0 Å². The number of fused-ring (bicyclic) bond motifs is 1. The number of hydrogen-bond donors (Lipinski definition) is 2. The zero-order chi connectivity index (χ0) is 13.8. The van der Waals surface area contributed by atoms with Gasteiger partial charge in [0.1, 0.15) is 6.04 Å². The number of carboxylic acids is 1. The van der Waals surface area contributed by atoms with Gasteiger partial charge in [0.2, 0.25) is 0 Å². The molecule has 2 heterocycles. The fourth-order valence-electron chi connectivity index (χ4n) is 2.96. The van der Waals surface area contributed by atoms with Gasteiger partial charge in [0.25, 0.3) is 0 Å². The van der Waals surface area contributed by atoms with E-state index in [0.29, 0.717) is 19.0 Å². The zero-order valence-electron chi connectivity index (χ0n) is 11.5. The molecule has 2 N–H and O–H groups in total. The highest BCUT2D eigenvalue weighted by Gasteiger charge is 2.33. The molecule has 2 aliphatic rings. The van der Waals surface area contributed by atoms with Gasteiger partial charge in [-0.3, -0.25) is 4.90 Å². The highest BCUT2D eigenvalue weighted by atomic mass is 16.4. The second-order valence-electron chi connectivity index (χ2n) is 5.41. The third kappa shape index (κ3) is 3.37. The predicted octanol–water partition coefficient (Wildman–Crippen LogP) is 0.729. The minimum Gasteiger partial charge on any atom is -0.480 e. The molecule has 2 fully saturated rings. The SMILES string of the molecule is CCC[C@H](NC(=O)N1CCN2CCCC2C1)C(=O)O. The molecule has 0 aliphatic carbocycles. The predicted molar refractivity (Wildman–Crippen MR) is 71.0 cm³/mol. The maximum absolute atomic E-state index is 12.1. The molecule has 2 amide bonds. The molecule has 2 rings (SSSR count). The Morgan fingerprint density at radius 3 is 2.84 bits per heavy atom. The van der Waals surface area contributed by atoms with Crippen molar-refractivity contribution in [2.24, 2.45) is 0 Å². The van der Waals surface area contributed by atoms with Crippen LogP contribution in [0.5, 0.6) is 0 Å². The summed E-state index contributed by atoms with van der Waals surface area (Å²) >= 11 is 0. The lowest BCUT2D eigenvalue weighted by molar-refractivity contribution is -0.139. The van der Waals surface area contributed by atoms with Crippen molar-refractivity contribution in [3.8, 4) is 0 Å². The lowest BCUT2D eigenvalue weighted by atomic mass is 10.1. The van der Waals surface area contributed by atoms with Gasteiger partial charge in [-0.1, -0.05) is 13.3 Å². The molecule has 2 aliphatic heterocycles. The highest BCUT2D eigenvalue weighted by molar-refractivity contribution is 5.82. The molecule has 0 spiro atoms. The van der Waals surface area contributed by atoms with Crippen LogP contribution in [-0.4, -0.2) is 65.2 Å². The summed E-state index contributed by atoms with van der Waals surface area (Å²) < 4.78 is 0. The summed E-state index contributed by atoms with van der Waals surface area (Å²) in [7, 11) is 0. The Balaban J connectivity index is 1.87. The van der Waals surface area contributed by atoms with Crippen molar-refractivity contribution in [2.75, 3.05) is 26.2 Å². The molecule has 0 saturated carbocycles. The second kappa shape index (κ2) is 6.23. The number of carbonyl (C=O) groups is 2. The van der Waals surface area contributed by atoms with E-state index in [2.05, 4.69) is 10.2 Å². The van der Waals surface area contributed by atoms with Crippen molar-refractivity contribution in [1.82, 2.24) is 15.1 Å². The fourth-order valence-corrected chi connectivity index (χ4v) is 2.96. The van der Waals surface area contributed by atoms with Gasteiger partial charge in [-0.25, -0.2) is 9.59 Å². The number of amides is 2. The molecule has 2 saturated heterocycles. The minimum absolute atomic E-state index is 0.229. The van der Waals surface area contributed by atoms with Crippen LogP contribution in [0.1, 0.15) is 32.6 Å². The number of urea groups is 1. The standard InChI is InChI=1S/C13H23N3O3/c1-2-4-11(12(17)18)14-13(19)16-8-7-15-6-3-5-10(15)9-16/h10-11H,2-9H2,1H3,(H,14,19)(H,17,18)/t10?,11-/m0/s1. The molecule has 6 nitrogen and oxygen atoms in total. The minimum atomic E-state index is -0.949. The van der Waals surface area contributed by atoms with Crippen LogP contribution in [0.4, 0.5) is 4.79 Å². The summed E-state index contributed by atoms with van der Waals surface area (Å²) in [4.78, 5) is 27.3. The van der Waals surface area contributed by atoms with E-state index < -0.39 is 12.0 Å². The summed E-state index contributed by atoms with van der Waals surface area (Å²) in [5.41, 5.74) is 0. The maximum atomic E-state index is 12.1. The average molecular weight is 269 g/mol. The van der Waals surface area contributed by atoms with Gasteiger partial charge in [-0.2, -0.15) is 0 Å². The Kier molecular flexibility index (Phi) is 4.63. The first-order valence-electron chi connectivity index (χ1n) is 7.14. The lowest BCUT2D eigenvalue weighted by Gasteiger charge is -2.37. The molecular formula is C13H23N3O3. The third-order valence-electron chi connectivity index (χ3n) is 4.05. The summed E-state index contributed by atoms with van der Waals surface area (Å²) in [6.45, 7) is 5.38. The van der Waals surface area contributed by atoms with Crippen LogP contribution in [0.3, 0.4) is 0 Å². The largest absolute Gasteiger partial charge is 0.480 e. The van der Waals surface area contributed by atoms with Crippen LogP contribution in [0.15, 0.2) is 0 Å². The van der Waals surface area contributed by atoms with E-state index in [-0.39, 0.29) is 6.03 Å². The Bertz CT molecular complexity index is 348. The number of rotatable bonds is 4. The molecule has 6 heteroatoms. The van der Waals surface area contributed by atoms with Gasteiger partial charge < -0.3 is 15.3 Å². The highest BCUT2D eigenvalue weighted by Crippen LogP contribution is 2.21. The molecule has 0 radical (unpaired) electrons. The first kappa shape index (κ1) is 14.1. The quantitative estimate of drug-likeness (QED) is 0.789. The lowest BCUT2D eigenvalue weighted by Crippen LogP contribution is -2.56. The topological polar surface area (TPSA) is 72.9 Å². The summed E-state index contributed by atoms with van der Waals surface area (Å²) in [6.07, 6.45) is 3.56. The molecule has 19 heavy (non-hydrogen) atoms. The first-order chi connectivity index (χ1) is 9.11.